The Labute approximate surface area is 159 Å². The van der Waals surface area contributed by atoms with Crippen LogP contribution < -0.4 is 0 Å². The molecule has 142 valence electrons. The van der Waals surface area contributed by atoms with E-state index in [1.54, 1.807) is 6.20 Å². The van der Waals surface area contributed by atoms with Gasteiger partial charge in [0.1, 0.15) is 0 Å². The van der Waals surface area contributed by atoms with Crippen molar-refractivity contribution in [1.82, 2.24) is 19.6 Å². The number of nitrogens with zero attached hydrogens (tertiary/aromatic N) is 4. The number of aromatic nitrogens is 2. The predicted molar refractivity (Wildman–Crippen MR) is 102 cm³/mol. The molecule has 6 heteroatoms. The molecule has 1 fully saturated rings. The lowest BCUT2D eigenvalue weighted by Gasteiger charge is -2.35. The van der Waals surface area contributed by atoms with Gasteiger partial charge in [-0.2, -0.15) is 5.10 Å². The molecule has 0 N–H and O–H groups in total. The van der Waals surface area contributed by atoms with Gasteiger partial charge in [0.05, 0.1) is 17.5 Å². The van der Waals surface area contributed by atoms with Crippen LogP contribution in [0.15, 0.2) is 36.5 Å². The van der Waals surface area contributed by atoms with Crippen molar-refractivity contribution in [1.29, 1.82) is 0 Å². The van der Waals surface area contributed by atoms with Gasteiger partial charge in [0.25, 0.3) is 5.91 Å². The van der Waals surface area contributed by atoms with Crippen molar-refractivity contribution in [3.05, 3.63) is 53.3 Å². The molecule has 0 saturated carbocycles. The van der Waals surface area contributed by atoms with Crippen LogP contribution in [0.3, 0.4) is 0 Å². The van der Waals surface area contributed by atoms with Crippen LogP contribution in [0.4, 0.5) is 0 Å². The third-order valence-electron chi connectivity index (χ3n) is 5.60. The summed E-state index contributed by atoms with van der Waals surface area (Å²) in [6, 6.07) is 10.1. The molecule has 3 heterocycles. The number of carbonyl (C=O) groups excluding carboxylic acids is 2. The first-order valence-corrected chi connectivity index (χ1v) is 9.88. The Balaban J connectivity index is 1.30. The quantitative estimate of drug-likeness (QED) is 0.833. The van der Waals surface area contributed by atoms with Crippen molar-refractivity contribution in [2.75, 3.05) is 26.2 Å². The summed E-state index contributed by atoms with van der Waals surface area (Å²) in [4.78, 5) is 29.1. The van der Waals surface area contributed by atoms with Crippen LogP contribution in [-0.2, 0) is 24.2 Å². The summed E-state index contributed by atoms with van der Waals surface area (Å²) < 4.78 is 1.97. The Morgan fingerprint density at radius 2 is 1.67 bits per heavy atom. The molecule has 0 aliphatic carbocycles. The summed E-state index contributed by atoms with van der Waals surface area (Å²) in [6.45, 7) is 3.33. The van der Waals surface area contributed by atoms with Crippen LogP contribution in [0.5, 0.6) is 0 Å². The van der Waals surface area contributed by atoms with E-state index < -0.39 is 0 Å². The lowest BCUT2D eigenvalue weighted by Crippen LogP contribution is -2.50. The third-order valence-corrected chi connectivity index (χ3v) is 5.60. The zero-order chi connectivity index (χ0) is 18.6. The van der Waals surface area contributed by atoms with Gasteiger partial charge in [-0.1, -0.05) is 30.3 Å². The topological polar surface area (TPSA) is 58.4 Å². The minimum absolute atomic E-state index is 0.0644. The van der Waals surface area contributed by atoms with Crippen LogP contribution in [-0.4, -0.2) is 57.6 Å². The molecular formula is C21H26N4O2. The summed E-state index contributed by atoms with van der Waals surface area (Å²) in [5.41, 5.74) is 3.01. The molecular weight excluding hydrogens is 340 g/mol. The number of rotatable bonds is 4. The van der Waals surface area contributed by atoms with E-state index in [1.807, 2.05) is 32.7 Å². The van der Waals surface area contributed by atoms with E-state index in [4.69, 9.17) is 0 Å². The molecule has 1 saturated heterocycles. The Morgan fingerprint density at radius 1 is 0.926 bits per heavy atom. The second-order valence-electron chi connectivity index (χ2n) is 7.34. The van der Waals surface area contributed by atoms with Gasteiger partial charge in [-0.3, -0.25) is 14.3 Å². The number of hydrogen-bond donors (Lipinski definition) is 0. The first kappa shape index (κ1) is 17.8. The van der Waals surface area contributed by atoms with Crippen molar-refractivity contribution in [3.63, 3.8) is 0 Å². The SMILES string of the molecule is O=C(CCc1ccccc1)N1CCN(C(=O)c2cnn3c2CCCC3)CC1. The Bertz CT molecular complexity index is 807. The molecule has 0 radical (unpaired) electrons. The molecule has 1 aromatic heterocycles. The van der Waals surface area contributed by atoms with Gasteiger partial charge in [0, 0.05) is 39.1 Å². The molecule has 2 aliphatic heterocycles. The van der Waals surface area contributed by atoms with E-state index in [9.17, 15) is 9.59 Å². The lowest BCUT2D eigenvalue weighted by atomic mass is 10.1. The summed E-state index contributed by atoms with van der Waals surface area (Å²) in [6.07, 6.45) is 6.19. The average Bonchev–Trinajstić information content (AvgIpc) is 3.16. The van der Waals surface area contributed by atoms with E-state index in [0.29, 0.717) is 32.6 Å². The minimum atomic E-state index is 0.0644. The molecule has 0 unspecified atom stereocenters. The fraction of sp³-hybridized carbons (Fsp3) is 0.476. The van der Waals surface area contributed by atoms with Gasteiger partial charge in [-0.25, -0.2) is 0 Å². The van der Waals surface area contributed by atoms with E-state index in [-0.39, 0.29) is 11.8 Å². The highest BCUT2D eigenvalue weighted by atomic mass is 16.2. The summed E-state index contributed by atoms with van der Waals surface area (Å²) >= 11 is 0. The molecule has 0 bridgehead atoms. The summed E-state index contributed by atoms with van der Waals surface area (Å²) in [5, 5.41) is 4.37. The standard InChI is InChI=1S/C21H26N4O2/c26-20(10-9-17-6-2-1-3-7-17)23-12-14-24(15-13-23)21(27)18-16-22-25-11-5-4-8-19(18)25/h1-3,6-7,16H,4-5,8-15H2. The van der Waals surface area contributed by atoms with Crippen LogP contribution in [0, 0.1) is 0 Å². The fourth-order valence-corrected chi connectivity index (χ4v) is 3.98. The maximum Gasteiger partial charge on any atom is 0.257 e. The normalized spacial score (nSPS) is 16.9. The van der Waals surface area contributed by atoms with Gasteiger partial charge in [0.2, 0.25) is 5.91 Å². The number of aryl methyl sites for hydroxylation is 2. The highest BCUT2D eigenvalue weighted by Gasteiger charge is 2.28. The maximum absolute atomic E-state index is 12.9. The van der Waals surface area contributed by atoms with Gasteiger partial charge in [-0.05, 0) is 31.2 Å². The summed E-state index contributed by atoms with van der Waals surface area (Å²) in [7, 11) is 0. The largest absolute Gasteiger partial charge is 0.339 e. The smallest absolute Gasteiger partial charge is 0.257 e. The second-order valence-corrected chi connectivity index (χ2v) is 7.34. The molecule has 2 aromatic rings. The number of carbonyl (C=O) groups is 2. The molecule has 6 nitrogen and oxygen atoms in total. The lowest BCUT2D eigenvalue weighted by molar-refractivity contribution is -0.132. The van der Waals surface area contributed by atoms with Gasteiger partial charge >= 0.3 is 0 Å². The average molecular weight is 366 g/mol. The fourth-order valence-electron chi connectivity index (χ4n) is 3.98. The van der Waals surface area contributed by atoms with Gasteiger partial charge in [0.15, 0.2) is 0 Å². The molecule has 27 heavy (non-hydrogen) atoms. The van der Waals surface area contributed by atoms with Crippen LogP contribution >= 0.6 is 0 Å². The van der Waals surface area contributed by atoms with E-state index in [0.717, 1.165) is 43.5 Å². The number of piperazine rings is 1. The number of benzene rings is 1. The predicted octanol–water partition coefficient (Wildman–Crippen LogP) is 2.14. The first-order valence-electron chi connectivity index (χ1n) is 9.88. The molecule has 0 spiro atoms. The summed E-state index contributed by atoms with van der Waals surface area (Å²) in [5.74, 6) is 0.239. The molecule has 0 atom stereocenters. The Hall–Kier alpha value is -2.63. The maximum atomic E-state index is 12.9. The molecule has 1 aromatic carbocycles. The van der Waals surface area contributed by atoms with Crippen molar-refractivity contribution >= 4 is 11.8 Å². The van der Waals surface area contributed by atoms with Crippen LogP contribution in [0.25, 0.3) is 0 Å². The van der Waals surface area contributed by atoms with E-state index >= 15 is 0 Å². The molecule has 2 aliphatic rings. The third kappa shape index (κ3) is 3.89. The van der Waals surface area contributed by atoms with Crippen LogP contribution in [0.1, 0.15) is 40.9 Å². The van der Waals surface area contributed by atoms with Crippen molar-refractivity contribution in [2.45, 2.75) is 38.6 Å². The van der Waals surface area contributed by atoms with Gasteiger partial charge < -0.3 is 9.80 Å². The van der Waals surface area contributed by atoms with Crippen LogP contribution in [0.2, 0.25) is 0 Å². The van der Waals surface area contributed by atoms with E-state index in [1.165, 1.54) is 5.56 Å². The minimum Gasteiger partial charge on any atom is -0.339 e. The zero-order valence-electron chi connectivity index (χ0n) is 15.6. The monoisotopic (exact) mass is 366 g/mol. The zero-order valence-corrected chi connectivity index (χ0v) is 15.6. The first-order chi connectivity index (χ1) is 13.2. The number of hydrogen-bond acceptors (Lipinski definition) is 3. The van der Waals surface area contributed by atoms with Gasteiger partial charge in [-0.15, -0.1) is 0 Å². The van der Waals surface area contributed by atoms with Crippen molar-refractivity contribution < 1.29 is 9.59 Å². The van der Waals surface area contributed by atoms with Crippen molar-refractivity contribution in [2.24, 2.45) is 0 Å². The second kappa shape index (κ2) is 7.94. The Morgan fingerprint density at radius 3 is 2.44 bits per heavy atom. The highest BCUT2D eigenvalue weighted by Crippen LogP contribution is 2.20. The number of fused-ring (bicyclic) bond motifs is 1. The van der Waals surface area contributed by atoms with Crippen molar-refractivity contribution in [3.8, 4) is 0 Å². The highest BCUT2D eigenvalue weighted by molar-refractivity contribution is 5.95. The number of amides is 2. The molecule has 2 amide bonds. The Kier molecular flexibility index (Phi) is 5.23. The van der Waals surface area contributed by atoms with E-state index in [2.05, 4.69) is 17.2 Å². The molecule has 4 rings (SSSR count).